The van der Waals surface area contributed by atoms with Crippen molar-refractivity contribution in [2.24, 2.45) is 0 Å². The maximum atomic E-state index is 13.5. The predicted molar refractivity (Wildman–Crippen MR) is 129 cm³/mol. The van der Waals surface area contributed by atoms with Gasteiger partial charge in [0.25, 0.3) is 5.91 Å². The second-order valence-electron chi connectivity index (χ2n) is 8.62. The smallest absolute Gasteiger partial charge is 0.416 e. The van der Waals surface area contributed by atoms with Crippen LogP contribution in [0.3, 0.4) is 0 Å². The molecule has 1 aliphatic rings. The highest BCUT2D eigenvalue weighted by molar-refractivity contribution is 7.09. The number of hydrogen-bond donors (Lipinski definition) is 0. The Balaban J connectivity index is 1.53. The van der Waals surface area contributed by atoms with Gasteiger partial charge in [-0.2, -0.15) is 13.2 Å². The average molecular weight is 519 g/mol. The van der Waals surface area contributed by atoms with E-state index >= 15 is 0 Å². The first-order valence-electron chi connectivity index (χ1n) is 11.3. The molecule has 3 aromatic rings. The number of hydrogen-bond acceptors (Lipinski definition) is 5. The molecular weight excluding hydrogens is 493 g/mol. The van der Waals surface area contributed by atoms with Crippen LogP contribution in [0.25, 0.3) is 0 Å². The number of amides is 2. The van der Waals surface area contributed by atoms with Crippen LogP contribution in [0.15, 0.2) is 60.0 Å². The summed E-state index contributed by atoms with van der Waals surface area (Å²) in [5.74, 6) is 0.460. The van der Waals surface area contributed by atoms with Gasteiger partial charge >= 0.3 is 6.18 Å². The van der Waals surface area contributed by atoms with Crippen molar-refractivity contribution >= 4 is 23.2 Å². The Morgan fingerprint density at radius 2 is 1.72 bits per heavy atom. The average Bonchev–Trinajstić information content (AvgIpc) is 3.52. The molecule has 6 nitrogen and oxygen atoms in total. The van der Waals surface area contributed by atoms with Crippen LogP contribution < -0.4 is 9.47 Å². The van der Waals surface area contributed by atoms with E-state index in [1.165, 1.54) is 16.2 Å². The normalized spacial score (nSPS) is 12.6. The number of benzene rings is 2. The molecule has 2 heterocycles. The molecule has 0 saturated heterocycles. The molecule has 1 aromatic heterocycles. The lowest BCUT2D eigenvalue weighted by molar-refractivity contribution is -0.137. The molecule has 0 saturated carbocycles. The first-order valence-corrected chi connectivity index (χ1v) is 12.2. The van der Waals surface area contributed by atoms with Crippen molar-refractivity contribution < 1.29 is 32.2 Å². The van der Waals surface area contributed by atoms with Crippen LogP contribution in [0.2, 0.25) is 0 Å². The van der Waals surface area contributed by atoms with Gasteiger partial charge in [-0.1, -0.05) is 12.1 Å². The van der Waals surface area contributed by atoms with Crippen molar-refractivity contribution in [3.8, 4) is 11.5 Å². The van der Waals surface area contributed by atoms with Gasteiger partial charge in [0, 0.05) is 23.0 Å². The van der Waals surface area contributed by atoms with Crippen molar-refractivity contribution in [2.75, 3.05) is 13.3 Å². The molecule has 4 rings (SSSR count). The zero-order chi connectivity index (χ0) is 25.9. The molecule has 0 atom stereocenters. The van der Waals surface area contributed by atoms with Crippen LogP contribution in [-0.4, -0.2) is 41.0 Å². The van der Waals surface area contributed by atoms with E-state index in [1.807, 2.05) is 29.6 Å². The fourth-order valence-corrected chi connectivity index (χ4v) is 4.50. The van der Waals surface area contributed by atoms with E-state index in [9.17, 15) is 22.8 Å². The van der Waals surface area contributed by atoms with Crippen LogP contribution >= 0.6 is 11.3 Å². The Kier molecular flexibility index (Phi) is 7.53. The van der Waals surface area contributed by atoms with E-state index in [2.05, 4.69) is 0 Å². The largest absolute Gasteiger partial charge is 0.454 e. The molecule has 190 valence electrons. The van der Waals surface area contributed by atoms with Crippen LogP contribution in [0.1, 0.15) is 40.2 Å². The first kappa shape index (κ1) is 25.6. The molecule has 0 unspecified atom stereocenters. The monoisotopic (exact) mass is 518 g/mol. The second kappa shape index (κ2) is 10.6. The molecule has 0 bridgehead atoms. The van der Waals surface area contributed by atoms with Crippen LogP contribution in [0.5, 0.6) is 11.5 Å². The van der Waals surface area contributed by atoms with E-state index in [1.54, 1.807) is 24.8 Å². The SMILES string of the molecule is CC(C)N(CC(=O)N(Cc1ccc2c(c1)OCO2)Cc1cccs1)C(=O)c1ccc(C(F)(F)F)cc1. The van der Waals surface area contributed by atoms with Gasteiger partial charge < -0.3 is 19.3 Å². The lowest BCUT2D eigenvalue weighted by atomic mass is 10.1. The van der Waals surface area contributed by atoms with Crippen molar-refractivity contribution in [1.82, 2.24) is 9.80 Å². The third-order valence-corrected chi connectivity index (χ3v) is 6.60. The van der Waals surface area contributed by atoms with Gasteiger partial charge in [-0.25, -0.2) is 0 Å². The van der Waals surface area contributed by atoms with Gasteiger partial charge in [-0.05, 0) is 67.3 Å². The quantitative estimate of drug-likeness (QED) is 0.391. The summed E-state index contributed by atoms with van der Waals surface area (Å²) < 4.78 is 49.6. The highest BCUT2D eigenvalue weighted by Gasteiger charge is 2.31. The minimum Gasteiger partial charge on any atom is -0.454 e. The molecule has 1 aliphatic heterocycles. The molecule has 0 N–H and O–H groups in total. The zero-order valence-electron chi connectivity index (χ0n) is 19.7. The summed E-state index contributed by atoms with van der Waals surface area (Å²) in [6, 6.07) is 13.0. The second-order valence-corrected chi connectivity index (χ2v) is 9.65. The minimum absolute atomic E-state index is 0.0880. The number of fused-ring (bicyclic) bond motifs is 1. The van der Waals surface area contributed by atoms with Gasteiger partial charge in [-0.15, -0.1) is 11.3 Å². The lowest BCUT2D eigenvalue weighted by Crippen LogP contribution is -2.45. The molecule has 0 aliphatic carbocycles. The van der Waals surface area contributed by atoms with Crippen LogP contribution in [0, 0.1) is 0 Å². The summed E-state index contributed by atoms with van der Waals surface area (Å²) in [4.78, 5) is 30.6. The summed E-state index contributed by atoms with van der Waals surface area (Å²) in [6.07, 6.45) is -4.49. The fraction of sp³-hybridized carbons (Fsp3) is 0.308. The summed E-state index contributed by atoms with van der Waals surface area (Å²) in [5, 5.41) is 1.92. The Bertz CT molecular complexity index is 1210. The van der Waals surface area contributed by atoms with Gasteiger partial charge in [0.15, 0.2) is 11.5 Å². The number of ether oxygens (including phenoxy) is 2. The topological polar surface area (TPSA) is 59.1 Å². The Morgan fingerprint density at radius 3 is 2.36 bits per heavy atom. The van der Waals surface area contributed by atoms with E-state index < -0.39 is 17.6 Å². The number of rotatable bonds is 8. The fourth-order valence-electron chi connectivity index (χ4n) is 3.78. The Morgan fingerprint density at radius 1 is 1.00 bits per heavy atom. The number of alkyl halides is 3. The molecular formula is C26H25F3N2O4S. The van der Waals surface area contributed by atoms with Crippen molar-refractivity contribution in [1.29, 1.82) is 0 Å². The van der Waals surface area contributed by atoms with Gasteiger partial charge in [-0.3, -0.25) is 9.59 Å². The van der Waals surface area contributed by atoms with Crippen molar-refractivity contribution in [3.63, 3.8) is 0 Å². The van der Waals surface area contributed by atoms with E-state index in [0.717, 1.165) is 34.7 Å². The summed E-state index contributed by atoms with van der Waals surface area (Å²) in [7, 11) is 0. The Hall–Kier alpha value is -3.53. The van der Waals surface area contributed by atoms with E-state index in [4.69, 9.17) is 9.47 Å². The summed E-state index contributed by atoms with van der Waals surface area (Å²) in [6.45, 7) is 4.09. The third-order valence-electron chi connectivity index (χ3n) is 5.74. The number of carbonyl (C=O) groups excluding carboxylic acids is 2. The standard InChI is InChI=1S/C26H25F3N2O4S/c1-17(2)31(25(33)19-6-8-20(9-7-19)26(27,28)29)15-24(32)30(14-21-4-3-11-36-21)13-18-5-10-22-23(12-18)35-16-34-22/h3-12,17H,13-16H2,1-2H3. The zero-order valence-corrected chi connectivity index (χ0v) is 20.6. The molecule has 2 aromatic carbocycles. The number of carbonyl (C=O) groups is 2. The minimum atomic E-state index is -4.49. The molecule has 36 heavy (non-hydrogen) atoms. The highest BCUT2D eigenvalue weighted by atomic mass is 32.1. The lowest BCUT2D eigenvalue weighted by Gasteiger charge is -2.30. The maximum Gasteiger partial charge on any atom is 0.416 e. The van der Waals surface area contributed by atoms with Gasteiger partial charge in [0.05, 0.1) is 12.1 Å². The van der Waals surface area contributed by atoms with E-state index in [0.29, 0.717) is 18.0 Å². The van der Waals surface area contributed by atoms with E-state index in [-0.39, 0.29) is 37.4 Å². The highest BCUT2D eigenvalue weighted by Crippen LogP contribution is 2.33. The number of nitrogens with zero attached hydrogens (tertiary/aromatic N) is 2. The molecule has 0 radical (unpaired) electrons. The predicted octanol–water partition coefficient (Wildman–Crippen LogP) is 5.58. The van der Waals surface area contributed by atoms with Gasteiger partial charge in [0.2, 0.25) is 12.7 Å². The van der Waals surface area contributed by atoms with Crippen molar-refractivity contribution in [2.45, 2.75) is 39.2 Å². The molecule has 2 amide bonds. The third kappa shape index (κ3) is 5.99. The summed E-state index contributed by atoms with van der Waals surface area (Å²) in [5.41, 5.74) is 0.0940. The first-order chi connectivity index (χ1) is 17.1. The van der Waals surface area contributed by atoms with Crippen LogP contribution in [0.4, 0.5) is 13.2 Å². The molecule has 10 heteroatoms. The number of thiophene rings is 1. The molecule has 0 spiro atoms. The molecule has 0 fully saturated rings. The van der Waals surface area contributed by atoms with Crippen LogP contribution in [-0.2, 0) is 24.1 Å². The maximum absolute atomic E-state index is 13.5. The van der Waals surface area contributed by atoms with Gasteiger partial charge in [0.1, 0.15) is 6.54 Å². The summed E-state index contributed by atoms with van der Waals surface area (Å²) >= 11 is 1.52. The number of halogens is 3. The Labute approximate surface area is 210 Å². The van der Waals surface area contributed by atoms with Crippen molar-refractivity contribution in [3.05, 3.63) is 81.5 Å².